The molecule has 0 radical (unpaired) electrons. The minimum Gasteiger partial charge on any atom is -0.456 e. The smallest absolute Gasteiger partial charge is 0.227 e. The van der Waals surface area contributed by atoms with Crippen molar-refractivity contribution in [2.24, 2.45) is 0 Å². The van der Waals surface area contributed by atoms with Crippen LogP contribution in [0.15, 0.2) is 179 Å². The highest BCUT2D eigenvalue weighted by atomic mass is 16.4. The Balaban J connectivity index is 1.22. The Labute approximate surface area is 271 Å². The Morgan fingerprint density at radius 2 is 1.06 bits per heavy atom. The lowest BCUT2D eigenvalue weighted by molar-refractivity contribution is 0.622. The van der Waals surface area contributed by atoms with Gasteiger partial charge in [-0.3, -0.25) is 0 Å². The van der Waals surface area contributed by atoms with Crippen LogP contribution in [-0.4, -0.2) is 4.98 Å². The van der Waals surface area contributed by atoms with Gasteiger partial charge in [0.1, 0.15) is 16.7 Å². The molecule has 2 aromatic heterocycles. The molecule has 0 unspecified atom stereocenters. The lowest BCUT2D eigenvalue weighted by atomic mass is 10.0. The third-order valence-corrected chi connectivity index (χ3v) is 8.72. The monoisotopic (exact) mass is 604 g/mol. The van der Waals surface area contributed by atoms with Gasteiger partial charge in [-0.2, -0.15) is 0 Å². The van der Waals surface area contributed by atoms with Crippen molar-refractivity contribution in [3.63, 3.8) is 0 Å². The number of benzene rings is 7. The molecule has 0 spiro atoms. The highest BCUT2D eigenvalue weighted by molar-refractivity contribution is 6.17. The summed E-state index contributed by atoms with van der Waals surface area (Å²) in [7, 11) is 0. The van der Waals surface area contributed by atoms with Crippen LogP contribution in [0.25, 0.3) is 66.7 Å². The van der Waals surface area contributed by atoms with Gasteiger partial charge < -0.3 is 13.7 Å². The molecule has 4 nitrogen and oxygen atoms in total. The van der Waals surface area contributed by atoms with Crippen LogP contribution in [-0.2, 0) is 0 Å². The van der Waals surface area contributed by atoms with Gasteiger partial charge in [0.2, 0.25) is 5.89 Å². The maximum Gasteiger partial charge on any atom is 0.227 e. The summed E-state index contributed by atoms with van der Waals surface area (Å²) in [5.74, 6) is 0.599. The van der Waals surface area contributed by atoms with Crippen LogP contribution in [0.2, 0.25) is 0 Å². The Morgan fingerprint density at radius 1 is 0.447 bits per heavy atom. The number of hydrogen-bond donors (Lipinski definition) is 0. The Morgan fingerprint density at radius 3 is 1.81 bits per heavy atom. The number of hydrogen-bond acceptors (Lipinski definition) is 4. The maximum absolute atomic E-state index is 6.52. The summed E-state index contributed by atoms with van der Waals surface area (Å²) in [6.07, 6.45) is 0. The fourth-order valence-electron chi connectivity index (χ4n) is 6.47. The largest absolute Gasteiger partial charge is 0.456 e. The summed E-state index contributed by atoms with van der Waals surface area (Å²) in [5, 5.41) is 1.92. The molecule has 4 heteroatoms. The van der Waals surface area contributed by atoms with Crippen LogP contribution in [0, 0.1) is 0 Å². The normalized spacial score (nSPS) is 11.4. The lowest BCUT2D eigenvalue weighted by Crippen LogP contribution is -2.11. The summed E-state index contributed by atoms with van der Waals surface area (Å²) in [6, 6.07) is 58.7. The van der Waals surface area contributed by atoms with E-state index in [4.69, 9.17) is 13.8 Å². The van der Waals surface area contributed by atoms with E-state index in [0.717, 1.165) is 66.8 Å². The molecule has 9 rings (SSSR count). The molecule has 47 heavy (non-hydrogen) atoms. The molecule has 0 bridgehead atoms. The fourth-order valence-corrected chi connectivity index (χ4v) is 6.47. The molecule has 9 aromatic rings. The number of oxazole rings is 1. The average molecular weight is 605 g/mol. The standard InChI is InChI=1S/C43H28N2O2/c1-4-12-29(13-5-1)30-20-22-33(23-21-30)45(38-19-11-10-18-35(38)31-14-6-2-7-15-31)34-24-25-36-40(28-34)46-39-27-26-37-42(41(36)39)47-43(44-37)32-16-8-3-9-17-32/h1-28H. The number of para-hydroxylation sites is 1. The van der Waals surface area contributed by atoms with Crippen molar-refractivity contribution in [2.45, 2.75) is 0 Å². The van der Waals surface area contributed by atoms with E-state index in [1.807, 2.05) is 48.5 Å². The second-order valence-corrected chi connectivity index (χ2v) is 11.6. The first-order valence-corrected chi connectivity index (χ1v) is 15.7. The molecule has 0 N–H and O–H groups in total. The molecule has 0 saturated heterocycles. The van der Waals surface area contributed by atoms with Gasteiger partial charge in [-0.15, -0.1) is 0 Å². The van der Waals surface area contributed by atoms with Crippen LogP contribution in [0.1, 0.15) is 0 Å². The second-order valence-electron chi connectivity index (χ2n) is 11.6. The molecule has 0 saturated carbocycles. The molecule has 0 atom stereocenters. The molecule has 0 aliphatic carbocycles. The summed E-state index contributed by atoms with van der Waals surface area (Å²) in [4.78, 5) is 7.10. The minimum absolute atomic E-state index is 0.599. The number of anilines is 3. The molecular weight excluding hydrogens is 576 g/mol. The third-order valence-electron chi connectivity index (χ3n) is 8.72. The maximum atomic E-state index is 6.52. The van der Waals surface area contributed by atoms with Gasteiger partial charge >= 0.3 is 0 Å². The lowest BCUT2D eigenvalue weighted by Gasteiger charge is -2.28. The Kier molecular flexibility index (Phi) is 6.43. The zero-order valence-corrected chi connectivity index (χ0v) is 25.4. The first-order valence-electron chi connectivity index (χ1n) is 15.7. The van der Waals surface area contributed by atoms with E-state index < -0.39 is 0 Å². The van der Waals surface area contributed by atoms with Gasteiger partial charge in [0.15, 0.2) is 5.58 Å². The molecule has 0 aliphatic heterocycles. The highest BCUT2D eigenvalue weighted by Crippen LogP contribution is 2.44. The van der Waals surface area contributed by atoms with Gasteiger partial charge in [-0.1, -0.05) is 109 Å². The second kappa shape index (κ2) is 11.2. The van der Waals surface area contributed by atoms with Crippen molar-refractivity contribution in [1.29, 1.82) is 0 Å². The van der Waals surface area contributed by atoms with Crippen LogP contribution in [0.5, 0.6) is 0 Å². The van der Waals surface area contributed by atoms with Crippen molar-refractivity contribution in [2.75, 3.05) is 4.90 Å². The summed E-state index contributed by atoms with van der Waals surface area (Å²) in [6.45, 7) is 0. The SMILES string of the molecule is c1ccc(-c2ccc(N(c3ccc4c(c3)oc3ccc5nc(-c6ccccc6)oc5c34)c3ccccc3-c3ccccc3)cc2)cc1. The van der Waals surface area contributed by atoms with E-state index in [2.05, 4.69) is 126 Å². The van der Waals surface area contributed by atoms with Crippen molar-refractivity contribution in [3.05, 3.63) is 170 Å². The minimum atomic E-state index is 0.599. The van der Waals surface area contributed by atoms with Gasteiger partial charge in [-0.25, -0.2) is 4.98 Å². The molecular formula is C43H28N2O2. The molecule has 0 amide bonds. The van der Waals surface area contributed by atoms with Crippen LogP contribution < -0.4 is 4.90 Å². The fraction of sp³-hybridized carbons (Fsp3) is 0. The number of aromatic nitrogens is 1. The van der Waals surface area contributed by atoms with E-state index in [-0.39, 0.29) is 0 Å². The summed E-state index contributed by atoms with van der Waals surface area (Å²) < 4.78 is 12.9. The zero-order chi connectivity index (χ0) is 31.2. The van der Waals surface area contributed by atoms with E-state index >= 15 is 0 Å². The molecule has 0 fully saturated rings. The molecule has 2 heterocycles. The van der Waals surface area contributed by atoms with Gasteiger partial charge in [0, 0.05) is 34.0 Å². The van der Waals surface area contributed by atoms with E-state index in [0.29, 0.717) is 5.89 Å². The average Bonchev–Trinajstić information content (AvgIpc) is 3.75. The van der Waals surface area contributed by atoms with E-state index in [1.165, 1.54) is 11.1 Å². The Bertz CT molecular complexity index is 2500. The van der Waals surface area contributed by atoms with Gasteiger partial charge in [0.25, 0.3) is 0 Å². The van der Waals surface area contributed by atoms with Crippen LogP contribution >= 0.6 is 0 Å². The molecule has 222 valence electrons. The van der Waals surface area contributed by atoms with Crippen molar-refractivity contribution < 1.29 is 8.83 Å². The number of furan rings is 1. The molecule has 0 aliphatic rings. The molecule has 7 aromatic carbocycles. The first kappa shape index (κ1) is 27.0. The van der Waals surface area contributed by atoms with Gasteiger partial charge in [-0.05, 0) is 71.3 Å². The van der Waals surface area contributed by atoms with E-state index in [1.54, 1.807) is 0 Å². The number of fused-ring (bicyclic) bond motifs is 5. The quantitative estimate of drug-likeness (QED) is 0.189. The predicted molar refractivity (Wildman–Crippen MR) is 192 cm³/mol. The summed E-state index contributed by atoms with van der Waals surface area (Å²) >= 11 is 0. The van der Waals surface area contributed by atoms with Crippen molar-refractivity contribution in [3.8, 4) is 33.7 Å². The van der Waals surface area contributed by atoms with Gasteiger partial charge in [0.05, 0.1) is 11.1 Å². The first-order chi connectivity index (χ1) is 23.3. The van der Waals surface area contributed by atoms with E-state index in [9.17, 15) is 0 Å². The predicted octanol–water partition coefficient (Wildman–Crippen LogP) is 12.2. The number of nitrogens with zero attached hydrogens (tertiary/aromatic N) is 2. The summed E-state index contributed by atoms with van der Waals surface area (Å²) in [5.41, 5.74) is 11.8. The third kappa shape index (κ3) is 4.75. The number of rotatable bonds is 6. The van der Waals surface area contributed by atoms with Crippen molar-refractivity contribution >= 4 is 50.1 Å². The zero-order valence-electron chi connectivity index (χ0n) is 25.4. The topological polar surface area (TPSA) is 42.4 Å². The Hall–Kier alpha value is -6.39. The van der Waals surface area contributed by atoms with Crippen LogP contribution in [0.4, 0.5) is 17.1 Å². The highest BCUT2D eigenvalue weighted by Gasteiger charge is 2.21. The van der Waals surface area contributed by atoms with Crippen molar-refractivity contribution in [1.82, 2.24) is 4.98 Å². The van der Waals surface area contributed by atoms with Crippen LogP contribution in [0.3, 0.4) is 0 Å².